The summed E-state index contributed by atoms with van der Waals surface area (Å²) in [7, 11) is -1.04. The monoisotopic (exact) mass is 521 g/mol. The Morgan fingerprint density at radius 1 is 0.385 bits per heavy atom. The molecule has 0 spiro atoms. The third-order valence-electron chi connectivity index (χ3n) is 7.43. The lowest BCUT2D eigenvalue weighted by molar-refractivity contribution is 1.07. The van der Waals surface area contributed by atoms with E-state index in [9.17, 15) is 0 Å². The van der Waals surface area contributed by atoms with E-state index in [1.54, 1.807) is 0 Å². The van der Waals surface area contributed by atoms with Crippen LogP contribution in [-0.4, -0.2) is 27.5 Å². The highest BCUT2D eigenvalue weighted by molar-refractivity contribution is 8.33. The van der Waals surface area contributed by atoms with Crippen LogP contribution in [0.25, 0.3) is 56.4 Å². The summed E-state index contributed by atoms with van der Waals surface area (Å²) in [4.78, 5) is 17.5. The number of hydrogen-bond donors (Lipinski definition) is 0. The van der Waals surface area contributed by atoms with E-state index in [2.05, 4.69) is 79.2 Å². The molecule has 0 fully saturated rings. The van der Waals surface area contributed by atoms with Gasteiger partial charge in [-0.3, -0.25) is 0 Å². The van der Waals surface area contributed by atoms with Crippen molar-refractivity contribution in [3.8, 4) is 56.4 Å². The Labute approximate surface area is 230 Å². The zero-order valence-corrected chi connectivity index (χ0v) is 22.7. The Kier molecular flexibility index (Phi) is 5.64. The van der Waals surface area contributed by atoms with Gasteiger partial charge in [-0.1, -0.05) is 115 Å². The molecule has 6 aromatic rings. The molecule has 0 amide bonds. The van der Waals surface area contributed by atoms with Gasteiger partial charge in [0, 0.05) is 26.5 Å². The van der Waals surface area contributed by atoms with Crippen molar-refractivity contribution in [1.82, 2.24) is 15.0 Å². The molecule has 1 aliphatic rings. The molecule has 0 unspecified atom stereocenters. The molecule has 0 N–H and O–H groups in total. The Balaban J connectivity index is 1.28. The van der Waals surface area contributed by atoms with Crippen LogP contribution in [0.3, 0.4) is 0 Å². The fourth-order valence-corrected chi connectivity index (χ4v) is 7.88. The lowest BCUT2D eigenvalue weighted by Gasteiger charge is -2.28. The highest BCUT2D eigenvalue weighted by atomic mass is 32.3. The molecule has 3 nitrogen and oxygen atoms in total. The first kappa shape index (κ1) is 23.6. The highest BCUT2D eigenvalue weighted by Crippen LogP contribution is 2.67. The number of fused-ring (bicyclic) bond motifs is 3. The van der Waals surface area contributed by atoms with Crippen LogP contribution in [0.5, 0.6) is 0 Å². The van der Waals surface area contributed by atoms with Crippen LogP contribution in [0.15, 0.2) is 137 Å². The van der Waals surface area contributed by atoms with Gasteiger partial charge in [-0.25, -0.2) is 15.0 Å². The van der Waals surface area contributed by atoms with E-state index in [0.717, 1.165) is 16.7 Å². The van der Waals surface area contributed by atoms with Gasteiger partial charge >= 0.3 is 0 Å². The van der Waals surface area contributed by atoms with Crippen LogP contribution in [0.1, 0.15) is 0 Å². The summed E-state index contributed by atoms with van der Waals surface area (Å²) in [5, 5.41) is 0. The first-order chi connectivity index (χ1) is 19.1. The molecule has 0 aliphatic carbocycles. The van der Waals surface area contributed by atoms with Gasteiger partial charge in [-0.15, -0.1) is 0 Å². The molecule has 2 heterocycles. The molecule has 5 aromatic carbocycles. The lowest BCUT2D eigenvalue weighted by atomic mass is 9.99. The molecule has 7 rings (SSSR count). The Morgan fingerprint density at radius 2 is 0.821 bits per heavy atom. The standard InChI is InChI=1S/C35H27N3S/c1-39(2)31-16-10-9-15-29(31)30-22-21-28(23-32(30)39)24-17-19-27(20-18-24)35-37-33(25-11-5-3-6-12-25)36-34(38-35)26-13-7-4-8-14-26/h3-23H,1-2H3. The SMILES string of the molecule is CS1(C)c2ccccc2-c2ccc(-c3ccc(-c4nc(-c5ccccc5)nc(-c5ccccc5)n4)cc3)cc21. The quantitative estimate of drug-likeness (QED) is 0.232. The molecule has 39 heavy (non-hydrogen) atoms. The number of hydrogen-bond acceptors (Lipinski definition) is 3. The van der Waals surface area contributed by atoms with Crippen molar-refractivity contribution >= 4 is 10.0 Å². The zero-order valence-electron chi connectivity index (χ0n) is 21.9. The van der Waals surface area contributed by atoms with E-state index < -0.39 is 10.0 Å². The molecule has 0 radical (unpaired) electrons. The highest BCUT2D eigenvalue weighted by Gasteiger charge is 2.31. The minimum absolute atomic E-state index is 0.671. The Morgan fingerprint density at radius 3 is 1.41 bits per heavy atom. The molecule has 0 saturated heterocycles. The van der Waals surface area contributed by atoms with Crippen molar-refractivity contribution < 1.29 is 0 Å². The predicted octanol–water partition coefficient (Wildman–Crippen LogP) is 9.00. The summed E-state index contributed by atoms with van der Waals surface area (Å²) in [6.45, 7) is 0. The maximum atomic E-state index is 4.87. The molecule has 0 bridgehead atoms. The summed E-state index contributed by atoms with van der Waals surface area (Å²) >= 11 is 0. The molecular formula is C35H27N3S. The fraction of sp³-hybridized carbons (Fsp3) is 0.0571. The maximum Gasteiger partial charge on any atom is 0.164 e. The first-order valence-corrected chi connectivity index (χ1v) is 15.5. The van der Waals surface area contributed by atoms with Crippen LogP contribution < -0.4 is 0 Å². The largest absolute Gasteiger partial charge is 0.208 e. The van der Waals surface area contributed by atoms with Crippen molar-refractivity contribution in [3.63, 3.8) is 0 Å². The first-order valence-electron chi connectivity index (χ1n) is 13.0. The van der Waals surface area contributed by atoms with E-state index >= 15 is 0 Å². The molecule has 0 saturated carbocycles. The summed E-state index contributed by atoms with van der Waals surface area (Å²) in [5.41, 5.74) is 8.09. The third-order valence-corrected chi connectivity index (χ3v) is 10.3. The van der Waals surface area contributed by atoms with Gasteiger partial charge in [-0.2, -0.15) is 10.0 Å². The lowest BCUT2D eigenvalue weighted by Crippen LogP contribution is -2.00. The van der Waals surface area contributed by atoms with Crippen molar-refractivity contribution in [2.24, 2.45) is 0 Å². The van der Waals surface area contributed by atoms with Gasteiger partial charge in [0.25, 0.3) is 0 Å². The minimum atomic E-state index is -1.04. The van der Waals surface area contributed by atoms with E-state index in [1.165, 1.54) is 32.0 Å². The summed E-state index contributed by atoms with van der Waals surface area (Å²) in [5.74, 6) is 2.02. The van der Waals surface area contributed by atoms with Gasteiger partial charge < -0.3 is 0 Å². The van der Waals surface area contributed by atoms with E-state index in [1.807, 2.05) is 60.7 Å². The van der Waals surface area contributed by atoms with Gasteiger partial charge in [0.15, 0.2) is 17.5 Å². The van der Waals surface area contributed by atoms with Crippen LogP contribution >= 0.6 is 10.0 Å². The number of nitrogens with zero attached hydrogens (tertiary/aromatic N) is 3. The smallest absolute Gasteiger partial charge is 0.164 e. The van der Waals surface area contributed by atoms with Crippen molar-refractivity contribution in [2.45, 2.75) is 9.79 Å². The van der Waals surface area contributed by atoms with Crippen molar-refractivity contribution in [1.29, 1.82) is 0 Å². The fourth-order valence-electron chi connectivity index (χ4n) is 5.35. The summed E-state index contributed by atoms with van der Waals surface area (Å²) in [6.07, 6.45) is 4.81. The van der Waals surface area contributed by atoms with Gasteiger partial charge in [0.05, 0.1) is 0 Å². The Bertz CT molecular complexity index is 1750. The number of benzene rings is 5. The van der Waals surface area contributed by atoms with Gasteiger partial charge in [0.1, 0.15) is 0 Å². The normalized spacial score (nSPS) is 13.9. The molecule has 1 aromatic heterocycles. The second kappa shape index (κ2) is 9.33. The Hall–Kier alpha value is -4.54. The number of rotatable bonds is 4. The van der Waals surface area contributed by atoms with Crippen molar-refractivity contribution in [3.05, 3.63) is 127 Å². The number of aromatic nitrogens is 3. The third kappa shape index (κ3) is 4.14. The minimum Gasteiger partial charge on any atom is -0.208 e. The average molecular weight is 522 g/mol. The van der Waals surface area contributed by atoms with Crippen molar-refractivity contribution in [2.75, 3.05) is 12.5 Å². The maximum absolute atomic E-state index is 4.87. The van der Waals surface area contributed by atoms with Crippen LogP contribution in [-0.2, 0) is 0 Å². The summed E-state index contributed by atoms with van der Waals surface area (Å²) < 4.78 is 0. The van der Waals surface area contributed by atoms with Gasteiger partial charge in [0.2, 0.25) is 0 Å². The van der Waals surface area contributed by atoms with E-state index in [0.29, 0.717) is 17.5 Å². The van der Waals surface area contributed by atoms with Crippen LogP contribution in [0.4, 0.5) is 0 Å². The molecule has 188 valence electrons. The average Bonchev–Trinajstić information content (AvgIpc) is 3.24. The van der Waals surface area contributed by atoms with Crippen LogP contribution in [0, 0.1) is 0 Å². The van der Waals surface area contributed by atoms with Gasteiger partial charge in [-0.05, 0) is 46.9 Å². The van der Waals surface area contributed by atoms with E-state index in [4.69, 9.17) is 15.0 Å². The van der Waals surface area contributed by atoms with E-state index in [-0.39, 0.29) is 0 Å². The zero-order chi connectivity index (χ0) is 26.4. The molecular weight excluding hydrogens is 494 g/mol. The molecule has 4 heteroatoms. The summed E-state index contributed by atoms with van der Waals surface area (Å²) in [6, 6.07) is 44.5. The molecule has 1 aliphatic heterocycles. The topological polar surface area (TPSA) is 38.7 Å². The molecule has 0 atom stereocenters. The second-order valence-corrected chi connectivity index (χ2v) is 13.7. The second-order valence-electron chi connectivity index (χ2n) is 10.1. The van der Waals surface area contributed by atoms with Crippen LogP contribution in [0.2, 0.25) is 0 Å². The predicted molar refractivity (Wildman–Crippen MR) is 163 cm³/mol.